The van der Waals surface area contributed by atoms with E-state index in [0.29, 0.717) is 5.75 Å². The first-order chi connectivity index (χ1) is 13.9. The van der Waals surface area contributed by atoms with E-state index in [-0.39, 0.29) is 33.5 Å². The summed E-state index contributed by atoms with van der Waals surface area (Å²) < 4.78 is 34.1. The van der Waals surface area contributed by atoms with Gasteiger partial charge in [-0.1, -0.05) is 29.8 Å². The molecule has 7 nitrogen and oxygen atoms in total. The lowest BCUT2D eigenvalue weighted by Crippen LogP contribution is -2.18. The molecule has 2 aromatic carbocycles. The summed E-state index contributed by atoms with van der Waals surface area (Å²) in [5.41, 5.74) is 0.242. The SMILES string of the molecule is COC(=O)c1oc(-c2cc(OC)c(F)cc2Cl)cc1NC(=O)Oc1ccccc1. The molecule has 0 radical (unpaired) electrons. The Labute approximate surface area is 169 Å². The number of amides is 1. The van der Waals surface area contributed by atoms with Crippen molar-refractivity contribution in [2.75, 3.05) is 19.5 Å². The maximum Gasteiger partial charge on any atom is 0.417 e. The zero-order valence-electron chi connectivity index (χ0n) is 15.3. The molecule has 0 atom stereocenters. The van der Waals surface area contributed by atoms with Gasteiger partial charge in [-0.05, 0) is 24.3 Å². The third-order valence-electron chi connectivity index (χ3n) is 3.80. The summed E-state index contributed by atoms with van der Waals surface area (Å²) >= 11 is 6.10. The highest BCUT2D eigenvalue weighted by Gasteiger charge is 2.24. The molecule has 3 rings (SSSR count). The summed E-state index contributed by atoms with van der Waals surface area (Å²) in [6.07, 6.45) is -0.850. The molecule has 150 valence electrons. The number of halogens is 2. The molecule has 3 aromatic rings. The number of hydrogen-bond donors (Lipinski definition) is 1. The van der Waals surface area contributed by atoms with Crippen LogP contribution in [0.25, 0.3) is 11.3 Å². The van der Waals surface area contributed by atoms with Gasteiger partial charge >= 0.3 is 12.1 Å². The van der Waals surface area contributed by atoms with Crippen molar-refractivity contribution in [3.05, 3.63) is 65.1 Å². The summed E-state index contributed by atoms with van der Waals surface area (Å²) in [5.74, 6) is -1.46. The second-order valence-electron chi connectivity index (χ2n) is 5.64. The normalized spacial score (nSPS) is 10.3. The van der Waals surface area contributed by atoms with Gasteiger partial charge in [-0.15, -0.1) is 0 Å². The van der Waals surface area contributed by atoms with Crippen molar-refractivity contribution in [3.8, 4) is 22.8 Å². The van der Waals surface area contributed by atoms with E-state index in [9.17, 15) is 14.0 Å². The summed E-state index contributed by atoms with van der Waals surface area (Å²) in [7, 11) is 2.45. The molecule has 29 heavy (non-hydrogen) atoms. The fourth-order valence-electron chi connectivity index (χ4n) is 2.47. The molecule has 0 aliphatic carbocycles. The Bertz CT molecular complexity index is 1050. The Morgan fingerprint density at radius 3 is 2.48 bits per heavy atom. The van der Waals surface area contributed by atoms with Crippen LogP contribution in [-0.2, 0) is 4.74 Å². The van der Waals surface area contributed by atoms with Crippen LogP contribution in [0.15, 0.2) is 52.9 Å². The van der Waals surface area contributed by atoms with Crippen LogP contribution < -0.4 is 14.8 Å². The predicted molar refractivity (Wildman–Crippen MR) is 103 cm³/mol. The highest BCUT2D eigenvalue weighted by molar-refractivity contribution is 6.33. The van der Waals surface area contributed by atoms with E-state index in [1.807, 2.05) is 0 Å². The minimum absolute atomic E-state index is 0.00728. The first-order valence-electron chi connectivity index (χ1n) is 8.22. The van der Waals surface area contributed by atoms with Crippen molar-refractivity contribution in [2.45, 2.75) is 0 Å². The first-order valence-corrected chi connectivity index (χ1v) is 8.60. The average Bonchev–Trinajstić information content (AvgIpc) is 3.11. The maximum absolute atomic E-state index is 13.8. The van der Waals surface area contributed by atoms with Gasteiger partial charge in [-0.2, -0.15) is 0 Å². The van der Waals surface area contributed by atoms with Crippen LogP contribution in [0.1, 0.15) is 10.6 Å². The molecular formula is C20H15ClFNO6. The Hall–Kier alpha value is -3.52. The number of nitrogens with one attached hydrogen (secondary N) is 1. The molecular weight excluding hydrogens is 405 g/mol. The molecule has 0 unspecified atom stereocenters. The second kappa shape index (κ2) is 8.66. The van der Waals surface area contributed by atoms with Crippen LogP contribution in [0.4, 0.5) is 14.9 Å². The van der Waals surface area contributed by atoms with Crippen molar-refractivity contribution in [1.82, 2.24) is 0 Å². The topological polar surface area (TPSA) is 87.0 Å². The highest BCUT2D eigenvalue weighted by Crippen LogP contribution is 2.37. The zero-order chi connectivity index (χ0) is 21.0. The van der Waals surface area contributed by atoms with Gasteiger partial charge < -0.3 is 18.6 Å². The standard InChI is InChI=1S/C20H15ClFNO6/c1-26-17-8-12(13(21)9-14(17)22)16-10-15(18(29-16)19(24)27-2)23-20(25)28-11-6-4-3-5-7-11/h3-10H,1-2H3,(H,23,25). The predicted octanol–water partition coefficient (Wildman–Crippen LogP) is 5.15. The number of rotatable bonds is 5. The lowest BCUT2D eigenvalue weighted by atomic mass is 10.1. The molecule has 0 aliphatic heterocycles. The van der Waals surface area contributed by atoms with Gasteiger partial charge in [-0.25, -0.2) is 14.0 Å². The number of carbonyl (C=O) groups excluding carboxylic acids is 2. The summed E-state index contributed by atoms with van der Waals surface area (Å²) in [5, 5.41) is 2.44. The van der Waals surface area contributed by atoms with Gasteiger partial charge in [0.05, 0.1) is 24.9 Å². The van der Waals surface area contributed by atoms with Crippen LogP contribution in [0.5, 0.6) is 11.5 Å². The van der Waals surface area contributed by atoms with E-state index in [1.54, 1.807) is 30.3 Å². The lowest BCUT2D eigenvalue weighted by Gasteiger charge is -2.06. The zero-order valence-corrected chi connectivity index (χ0v) is 16.1. The Morgan fingerprint density at radius 1 is 1.10 bits per heavy atom. The van der Waals surface area contributed by atoms with Gasteiger partial charge in [0.2, 0.25) is 5.76 Å². The van der Waals surface area contributed by atoms with Crippen LogP contribution in [0, 0.1) is 5.82 Å². The Morgan fingerprint density at radius 2 is 1.83 bits per heavy atom. The van der Waals surface area contributed by atoms with Crippen LogP contribution in [0.3, 0.4) is 0 Å². The molecule has 1 aromatic heterocycles. The molecule has 9 heteroatoms. The highest BCUT2D eigenvalue weighted by atomic mass is 35.5. The molecule has 1 amide bonds. The number of para-hydroxylation sites is 1. The summed E-state index contributed by atoms with van der Waals surface area (Å²) in [6, 6.07) is 12.0. The molecule has 0 bridgehead atoms. The summed E-state index contributed by atoms with van der Waals surface area (Å²) in [6.45, 7) is 0. The maximum atomic E-state index is 13.8. The number of carbonyl (C=O) groups is 2. The van der Waals surface area contributed by atoms with Gasteiger partial charge in [0.25, 0.3) is 0 Å². The second-order valence-corrected chi connectivity index (χ2v) is 6.05. The van der Waals surface area contributed by atoms with Crippen molar-refractivity contribution < 1.29 is 32.6 Å². The van der Waals surface area contributed by atoms with E-state index in [1.165, 1.54) is 19.2 Å². The average molecular weight is 420 g/mol. The Kier molecular flexibility index (Phi) is 6.04. The van der Waals surface area contributed by atoms with Crippen molar-refractivity contribution in [1.29, 1.82) is 0 Å². The van der Waals surface area contributed by atoms with Crippen LogP contribution in [-0.4, -0.2) is 26.3 Å². The summed E-state index contributed by atoms with van der Waals surface area (Å²) in [4.78, 5) is 24.2. The third kappa shape index (κ3) is 4.49. The molecule has 1 N–H and O–H groups in total. The van der Waals surface area contributed by atoms with Crippen molar-refractivity contribution in [2.24, 2.45) is 0 Å². The van der Waals surface area contributed by atoms with E-state index in [4.69, 9.17) is 25.5 Å². The lowest BCUT2D eigenvalue weighted by molar-refractivity contribution is 0.0567. The fraction of sp³-hybridized carbons (Fsp3) is 0.100. The smallest absolute Gasteiger partial charge is 0.417 e. The number of methoxy groups -OCH3 is 2. The number of esters is 1. The van der Waals surface area contributed by atoms with Gasteiger partial charge in [0, 0.05) is 11.6 Å². The monoisotopic (exact) mass is 419 g/mol. The van der Waals surface area contributed by atoms with Crippen LogP contribution >= 0.6 is 11.6 Å². The number of hydrogen-bond acceptors (Lipinski definition) is 6. The van der Waals surface area contributed by atoms with Gasteiger partial charge in [-0.3, -0.25) is 5.32 Å². The first kappa shape index (κ1) is 20.2. The Balaban J connectivity index is 1.95. The van der Waals surface area contributed by atoms with E-state index in [2.05, 4.69) is 10.1 Å². The molecule has 0 spiro atoms. The number of benzene rings is 2. The van der Waals surface area contributed by atoms with E-state index < -0.39 is 17.9 Å². The minimum atomic E-state index is -0.850. The molecule has 0 fully saturated rings. The van der Waals surface area contributed by atoms with E-state index >= 15 is 0 Å². The third-order valence-corrected chi connectivity index (χ3v) is 4.11. The van der Waals surface area contributed by atoms with Crippen LogP contribution in [0.2, 0.25) is 5.02 Å². The van der Waals surface area contributed by atoms with Crippen molar-refractivity contribution >= 4 is 29.4 Å². The van der Waals surface area contributed by atoms with E-state index in [0.717, 1.165) is 13.2 Å². The largest absolute Gasteiger partial charge is 0.494 e. The number of furan rings is 1. The van der Waals surface area contributed by atoms with Gasteiger partial charge in [0.15, 0.2) is 11.6 Å². The quantitative estimate of drug-likeness (QED) is 0.576. The fourth-order valence-corrected chi connectivity index (χ4v) is 2.71. The van der Waals surface area contributed by atoms with Crippen molar-refractivity contribution in [3.63, 3.8) is 0 Å². The van der Waals surface area contributed by atoms with Gasteiger partial charge in [0.1, 0.15) is 11.5 Å². The molecule has 0 saturated heterocycles. The molecule has 0 aliphatic rings. The number of anilines is 1. The number of ether oxygens (including phenoxy) is 3. The minimum Gasteiger partial charge on any atom is -0.494 e. The molecule has 0 saturated carbocycles. The molecule has 1 heterocycles.